The van der Waals surface area contributed by atoms with Crippen molar-refractivity contribution in [2.45, 2.75) is 12.8 Å². The summed E-state index contributed by atoms with van der Waals surface area (Å²) in [6, 6.07) is 0. The molecule has 0 aromatic heterocycles. The second-order valence-electron chi connectivity index (χ2n) is 1.52. The van der Waals surface area contributed by atoms with Crippen molar-refractivity contribution in [3.63, 3.8) is 0 Å². The van der Waals surface area contributed by atoms with E-state index in [1.807, 2.05) is 0 Å². The first kappa shape index (κ1) is 8.76. The molecule has 0 amide bonds. The lowest BCUT2D eigenvalue weighted by molar-refractivity contribution is 0.561. The van der Waals surface area contributed by atoms with E-state index in [2.05, 4.69) is 9.98 Å². The van der Waals surface area contributed by atoms with Crippen molar-refractivity contribution in [1.29, 1.82) is 0 Å². The standard InChI is InChI=1S/C6H7N2O2/c9-5-7-3-1-2-4-8-6-10/h3H,1-2,4H2. The summed E-state index contributed by atoms with van der Waals surface area (Å²) in [5.74, 6) is 0. The van der Waals surface area contributed by atoms with Crippen LogP contribution >= 0.6 is 0 Å². The fourth-order valence-electron chi connectivity index (χ4n) is 0.409. The van der Waals surface area contributed by atoms with E-state index in [0.717, 1.165) is 0 Å². The van der Waals surface area contributed by atoms with E-state index in [1.54, 1.807) is 0 Å². The van der Waals surface area contributed by atoms with Crippen molar-refractivity contribution in [1.82, 2.24) is 0 Å². The van der Waals surface area contributed by atoms with Crippen LogP contribution in [0.1, 0.15) is 12.8 Å². The number of hydrogen-bond donors (Lipinski definition) is 0. The van der Waals surface area contributed by atoms with E-state index in [0.29, 0.717) is 19.4 Å². The third-order valence-corrected chi connectivity index (χ3v) is 0.812. The van der Waals surface area contributed by atoms with Gasteiger partial charge in [0, 0.05) is 0 Å². The molecule has 0 aliphatic rings. The van der Waals surface area contributed by atoms with Crippen LogP contribution in [-0.4, -0.2) is 18.7 Å². The van der Waals surface area contributed by atoms with E-state index in [9.17, 15) is 9.59 Å². The van der Waals surface area contributed by atoms with Crippen molar-refractivity contribution < 1.29 is 9.59 Å². The summed E-state index contributed by atoms with van der Waals surface area (Å²) in [6.45, 7) is 1.88. The Morgan fingerprint density at radius 3 is 2.70 bits per heavy atom. The van der Waals surface area contributed by atoms with Crippen molar-refractivity contribution >= 4 is 12.2 Å². The number of aliphatic imine (C=N–C) groups is 2. The predicted octanol–water partition coefficient (Wildman–Crippen LogP) is 0.600. The summed E-state index contributed by atoms with van der Waals surface area (Å²) < 4.78 is 0. The Balaban J connectivity index is 3.04. The highest BCUT2D eigenvalue weighted by Crippen LogP contribution is 1.93. The van der Waals surface area contributed by atoms with E-state index in [-0.39, 0.29) is 0 Å². The van der Waals surface area contributed by atoms with Crippen LogP contribution < -0.4 is 0 Å². The zero-order valence-corrected chi connectivity index (χ0v) is 5.41. The highest BCUT2D eigenvalue weighted by molar-refractivity contribution is 5.33. The Morgan fingerprint density at radius 1 is 1.30 bits per heavy atom. The molecule has 0 aromatic carbocycles. The molecule has 0 spiro atoms. The van der Waals surface area contributed by atoms with Gasteiger partial charge in [0.05, 0.1) is 13.1 Å². The minimum atomic E-state index is 0.439. The maximum absolute atomic E-state index is 9.51. The van der Waals surface area contributed by atoms with Gasteiger partial charge in [-0.3, -0.25) is 0 Å². The van der Waals surface area contributed by atoms with E-state index in [1.165, 1.54) is 18.7 Å². The summed E-state index contributed by atoms with van der Waals surface area (Å²) in [5, 5.41) is 0. The molecule has 0 heterocycles. The smallest absolute Gasteiger partial charge is 0.211 e. The Morgan fingerprint density at radius 2 is 2.10 bits per heavy atom. The van der Waals surface area contributed by atoms with Gasteiger partial charge in [-0.15, -0.1) is 0 Å². The molecule has 0 aromatic rings. The lowest BCUT2D eigenvalue weighted by Gasteiger charge is -1.86. The highest BCUT2D eigenvalue weighted by Gasteiger charge is 1.84. The van der Waals surface area contributed by atoms with Crippen LogP contribution in [-0.2, 0) is 9.59 Å². The van der Waals surface area contributed by atoms with Crippen LogP contribution in [0.5, 0.6) is 0 Å². The van der Waals surface area contributed by atoms with Gasteiger partial charge in [0.15, 0.2) is 0 Å². The van der Waals surface area contributed by atoms with Crippen LogP contribution in [0, 0.1) is 6.54 Å². The molecule has 0 saturated heterocycles. The van der Waals surface area contributed by atoms with Gasteiger partial charge in [0.25, 0.3) is 0 Å². The second-order valence-corrected chi connectivity index (χ2v) is 1.52. The maximum Gasteiger partial charge on any atom is 0.235 e. The number of isocyanates is 2. The predicted molar refractivity (Wildman–Crippen MR) is 34.6 cm³/mol. The fraction of sp³-hybridized carbons (Fsp3) is 0.500. The van der Waals surface area contributed by atoms with E-state index in [4.69, 9.17) is 0 Å². The first-order valence-electron chi connectivity index (χ1n) is 2.84. The zero-order valence-electron chi connectivity index (χ0n) is 5.41. The van der Waals surface area contributed by atoms with Crippen molar-refractivity contribution in [3.05, 3.63) is 6.54 Å². The molecule has 0 saturated carbocycles. The Hall–Kier alpha value is -1.24. The highest BCUT2D eigenvalue weighted by atomic mass is 16.1. The molecule has 0 aliphatic carbocycles. The van der Waals surface area contributed by atoms with Crippen LogP contribution in [0.2, 0.25) is 0 Å². The molecule has 0 aliphatic heterocycles. The van der Waals surface area contributed by atoms with Crippen molar-refractivity contribution in [2.24, 2.45) is 9.98 Å². The molecule has 4 heteroatoms. The number of carbonyl (C=O) groups excluding carboxylic acids is 2. The van der Waals surface area contributed by atoms with Crippen LogP contribution in [0.3, 0.4) is 0 Å². The molecular formula is C6H7N2O2. The van der Waals surface area contributed by atoms with Gasteiger partial charge in [-0.1, -0.05) is 0 Å². The minimum absolute atomic E-state index is 0.439. The lowest BCUT2D eigenvalue weighted by Crippen LogP contribution is -1.79. The molecule has 0 rings (SSSR count). The SMILES string of the molecule is O=C=N[CH]CCCN=C=O. The maximum atomic E-state index is 9.51. The molecule has 0 bridgehead atoms. The van der Waals surface area contributed by atoms with Gasteiger partial charge in [-0.25, -0.2) is 19.6 Å². The monoisotopic (exact) mass is 139 g/mol. The third kappa shape index (κ3) is 6.76. The van der Waals surface area contributed by atoms with Crippen molar-refractivity contribution in [3.8, 4) is 0 Å². The first-order valence-corrected chi connectivity index (χ1v) is 2.84. The average Bonchev–Trinajstić information content (AvgIpc) is 1.97. The summed E-state index contributed by atoms with van der Waals surface area (Å²) >= 11 is 0. The molecular weight excluding hydrogens is 132 g/mol. The summed E-state index contributed by atoms with van der Waals surface area (Å²) in [4.78, 5) is 25.5. The Kier molecular flexibility index (Phi) is 6.80. The van der Waals surface area contributed by atoms with Gasteiger partial charge < -0.3 is 0 Å². The summed E-state index contributed by atoms with van der Waals surface area (Å²) in [6.07, 6.45) is 4.13. The molecule has 0 fully saturated rings. The van der Waals surface area contributed by atoms with E-state index >= 15 is 0 Å². The third-order valence-electron chi connectivity index (χ3n) is 0.812. The van der Waals surface area contributed by atoms with E-state index < -0.39 is 0 Å². The van der Waals surface area contributed by atoms with Crippen LogP contribution in [0.15, 0.2) is 9.98 Å². The van der Waals surface area contributed by atoms with Gasteiger partial charge in [0.1, 0.15) is 0 Å². The second kappa shape index (κ2) is 7.76. The topological polar surface area (TPSA) is 58.9 Å². The Labute approximate surface area is 58.7 Å². The molecule has 0 atom stereocenters. The van der Waals surface area contributed by atoms with Gasteiger partial charge in [-0.2, -0.15) is 0 Å². The molecule has 1 radical (unpaired) electrons. The van der Waals surface area contributed by atoms with Gasteiger partial charge >= 0.3 is 0 Å². The zero-order chi connectivity index (χ0) is 7.66. The largest absolute Gasteiger partial charge is 0.235 e. The molecule has 4 nitrogen and oxygen atoms in total. The normalized spacial score (nSPS) is 7.60. The number of hydrogen-bond acceptors (Lipinski definition) is 4. The molecule has 0 N–H and O–H groups in total. The van der Waals surface area contributed by atoms with Gasteiger partial charge in [0.2, 0.25) is 12.2 Å². The summed E-state index contributed by atoms with van der Waals surface area (Å²) in [7, 11) is 0. The van der Waals surface area contributed by atoms with Crippen LogP contribution in [0.25, 0.3) is 0 Å². The van der Waals surface area contributed by atoms with Crippen LogP contribution in [0.4, 0.5) is 0 Å². The fourth-order valence-corrected chi connectivity index (χ4v) is 0.409. The van der Waals surface area contributed by atoms with Crippen molar-refractivity contribution in [2.75, 3.05) is 6.54 Å². The lowest BCUT2D eigenvalue weighted by atomic mass is 10.3. The summed E-state index contributed by atoms with van der Waals surface area (Å²) in [5.41, 5.74) is 0. The number of rotatable bonds is 5. The average molecular weight is 139 g/mol. The first-order chi connectivity index (χ1) is 4.91. The number of unbranched alkanes of at least 4 members (excludes halogenated alkanes) is 1. The molecule has 0 unspecified atom stereocenters. The quantitative estimate of drug-likeness (QED) is 0.318. The molecule has 53 valence electrons. The Bertz CT molecular complexity index is 147. The molecule has 10 heavy (non-hydrogen) atoms. The number of nitrogens with zero attached hydrogens (tertiary/aromatic N) is 2. The van der Waals surface area contributed by atoms with Gasteiger partial charge in [-0.05, 0) is 12.8 Å². The minimum Gasteiger partial charge on any atom is -0.211 e.